The third kappa shape index (κ3) is 7.07. The van der Waals surface area contributed by atoms with Crippen LogP contribution in [0, 0.1) is 0 Å². The lowest BCUT2D eigenvalue weighted by molar-refractivity contribution is -0.123. The van der Waals surface area contributed by atoms with Crippen molar-refractivity contribution in [3.05, 3.63) is 12.2 Å². The molecule has 0 aliphatic rings. The van der Waals surface area contributed by atoms with Gasteiger partial charge in [0.15, 0.2) is 5.78 Å². The van der Waals surface area contributed by atoms with Gasteiger partial charge in [-0.2, -0.15) is 0 Å². The number of carboxylic acid groups (broad SMARTS) is 1. The summed E-state index contributed by atoms with van der Waals surface area (Å²) >= 11 is 0. The van der Waals surface area contributed by atoms with Crippen molar-refractivity contribution in [3.63, 3.8) is 0 Å². The standard InChI is InChI=1S/C10H16N2O5/c1-7(13)9(15)5-3-4-6-12(10(16)17)11-8(2)14/h3,5,7,13H,4,6H2,1-2H3,(H,11,14)(H,16,17). The molecule has 7 nitrogen and oxygen atoms in total. The number of amides is 2. The van der Waals surface area contributed by atoms with Gasteiger partial charge in [-0.15, -0.1) is 0 Å². The molecular formula is C10H16N2O5. The van der Waals surface area contributed by atoms with Gasteiger partial charge in [0, 0.05) is 13.5 Å². The van der Waals surface area contributed by atoms with E-state index < -0.39 is 23.9 Å². The zero-order valence-electron chi connectivity index (χ0n) is 9.71. The third-order valence-corrected chi connectivity index (χ3v) is 1.74. The van der Waals surface area contributed by atoms with E-state index in [0.29, 0.717) is 0 Å². The Balaban J connectivity index is 4.11. The second-order valence-electron chi connectivity index (χ2n) is 3.37. The van der Waals surface area contributed by atoms with Crippen LogP contribution in [-0.4, -0.2) is 45.7 Å². The molecule has 0 aliphatic heterocycles. The molecule has 3 N–H and O–H groups in total. The summed E-state index contributed by atoms with van der Waals surface area (Å²) in [4.78, 5) is 32.3. The largest absolute Gasteiger partial charge is 0.464 e. The van der Waals surface area contributed by atoms with E-state index in [9.17, 15) is 14.4 Å². The van der Waals surface area contributed by atoms with E-state index in [0.717, 1.165) is 5.01 Å². The van der Waals surface area contributed by atoms with Crippen LogP contribution in [0.5, 0.6) is 0 Å². The molecule has 0 aromatic rings. The van der Waals surface area contributed by atoms with Gasteiger partial charge in [0.25, 0.3) is 0 Å². The number of hydrogen-bond donors (Lipinski definition) is 3. The van der Waals surface area contributed by atoms with Crippen LogP contribution in [0.2, 0.25) is 0 Å². The van der Waals surface area contributed by atoms with Gasteiger partial charge < -0.3 is 10.2 Å². The van der Waals surface area contributed by atoms with Crippen molar-refractivity contribution >= 4 is 17.8 Å². The molecule has 0 heterocycles. The highest BCUT2D eigenvalue weighted by molar-refractivity contribution is 5.92. The molecule has 1 atom stereocenters. The second-order valence-corrected chi connectivity index (χ2v) is 3.37. The van der Waals surface area contributed by atoms with E-state index >= 15 is 0 Å². The van der Waals surface area contributed by atoms with Crippen molar-refractivity contribution in [3.8, 4) is 0 Å². The summed E-state index contributed by atoms with van der Waals surface area (Å²) in [5.74, 6) is -0.942. The number of carbonyl (C=O) groups excluding carboxylic acids is 2. The van der Waals surface area contributed by atoms with E-state index in [1.54, 1.807) is 0 Å². The van der Waals surface area contributed by atoms with Crippen molar-refractivity contribution in [2.24, 2.45) is 0 Å². The molecule has 96 valence electrons. The molecule has 2 amide bonds. The third-order valence-electron chi connectivity index (χ3n) is 1.74. The Morgan fingerprint density at radius 3 is 2.41 bits per heavy atom. The molecule has 0 bridgehead atoms. The number of rotatable bonds is 5. The lowest BCUT2D eigenvalue weighted by Gasteiger charge is -2.17. The molecule has 0 aliphatic carbocycles. The maximum absolute atomic E-state index is 11.0. The fourth-order valence-corrected chi connectivity index (χ4v) is 0.932. The van der Waals surface area contributed by atoms with E-state index in [1.165, 1.54) is 26.0 Å². The molecule has 7 heteroatoms. The molecular weight excluding hydrogens is 228 g/mol. The van der Waals surface area contributed by atoms with Crippen molar-refractivity contribution < 1.29 is 24.6 Å². The van der Waals surface area contributed by atoms with Gasteiger partial charge in [-0.05, 0) is 19.4 Å². The fraction of sp³-hybridized carbons (Fsp3) is 0.500. The van der Waals surface area contributed by atoms with Crippen molar-refractivity contribution in [1.29, 1.82) is 0 Å². The quantitative estimate of drug-likeness (QED) is 0.463. The number of nitrogens with one attached hydrogen (secondary N) is 1. The van der Waals surface area contributed by atoms with Gasteiger partial charge in [0.1, 0.15) is 6.10 Å². The summed E-state index contributed by atoms with van der Waals surface area (Å²) in [6.45, 7) is 2.56. The van der Waals surface area contributed by atoms with Gasteiger partial charge in [0.2, 0.25) is 5.91 Å². The van der Waals surface area contributed by atoms with Crippen LogP contribution in [0.1, 0.15) is 20.3 Å². The molecule has 1 unspecified atom stereocenters. The number of nitrogens with zero attached hydrogens (tertiary/aromatic N) is 1. The van der Waals surface area contributed by atoms with E-state index in [4.69, 9.17) is 10.2 Å². The second kappa shape index (κ2) is 7.39. The zero-order chi connectivity index (χ0) is 13.4. The molecule has 0 spiro atoms. The summed E-state index contributed by atoms with van der Waals surface area (Å²) < 4.78 is 0. The number of aliphatic hydroxyl groups is 1. The minimum atomic E-state index is -1.28. The summed E-state index contributed by atoms with van der Waals surface area (Å²) in [5.41, 5.74) is 2.12. The van der Waals surface area contributed by atoms with Crippen LogP contribution in [0.4, 0.5) is 4.79 Å². The predicted octanol–water partition coefficient (Wildman–Crippen LogP) is -0.0863. The van der Waals surface area contributed by atoms with Crippen molar-refractivity contribution in [2.45, 2.75) is 26.4 Å². The first-order chi connectivity index (χ1) is 7.84. The summed E-state index contributed by atoms with van der Waals surface area (Å²) in [6.07, 6.45) is 0.517. The van der Waals surface area contributed by atoms with Crippen LogP contribution in [0.25, 0.3) is 0 Å². The molecule has 0 aromatic carbocycles. The SMILES string of the molecule is CC(=O)NN(CCC=CC(=O)C(C)O)C(=O)O. The highest BCUT2D eigenvalue weighted by Gasteiger charge is 2.11. The Labute approximate surface area is 98.7 Å². The van der Waals surface area contributed by atoms with E-state index in [2.05, 4.69) is 5.43 Å². The first kappa shape index (κ1) is 15.1. The lowest BCUT2D eigenvalue weighted by atomic mass is 10.2. The molecule has 0 radical (unpaired) electrons. The Morgan fingerprint density at radius 2 is 2.00 bits per heavy atom. The highest BCUT2D eigenvalue weighted by Crippen LogP contribution is 1.93. The maximum Gasteiger partial charge on any atom is 0.426 e. The first-order valence-corrected chi connectivity index (χ1v) is 5.00. The number of ketones is 1. The number of hydrogen-bond acceptors (Lipinski definition) is 4. The Kier molecular flexibility index (Phi) is 6.57. The van der Waals surface area contributed by atoms with Gasteiger partial charge in [-0.1, -0.05) is 6.08 Å². The first-order valence-electron chi connectivity index (χ1n) is 5.00. The van der Waals surface area contributed by atoms with Crippen LogP contribution in [0.15, 0.2) is 12.2 Å². The highest BCUT2D eigenvalue weighted by atomic mass is 16.4. The van der Waals surface area contributed by atoms with Gasteiger partial charge in [-0.25, -0.2) is 9.80 Å². The number of aliphatic hydroxyl groups excluding tert-OH is 1. The van der Waals surface area contributed by atoms with Gasteiger partial charge in [-0.3, -0.25) is 15.0 Å². The Hall–Kier alpha value is -1.89. The predicted molar refractivity (Wildman–Crippen MR) is 59.0 cm³/mol. The molecule has 17 heavy (non-hydrogen) atoms. The number of carbonyl (C=O) groups is 3. The van der Waals surface area contributed by atoms with Gasteiger partial charge in [0.05, 0.1) is 0 Å². The number of hydrazine groups is 1. The molecule has 0 fully saturated rings. The van der Waals surface area contributed by atoms with Crippen LogP contribution < -0.4 is 5.43 Å². The maximum atomic E-state index is 11.0. The van der Waals surface area contributed by atoms with Crippen LogP contribution >= 0.6 is 0 Å². The Morgan fingerprint density at radius 1 is 1.41 bits per heavy atom. The molecule has 0 saturated heterocycles. The fourth-order valence-electron chi connectivity index (χ4n) is 0.932. The minimum Gasteiger partial charge on any atom is -0.464 e. The molecule has 0 saturated carbocycles. The van der Waals surface area contributed by atoms with Crippen LogP contribution in [-0.2, 0) is 9.59 Å². The summed E-state index contributed by atoms with van der Waals surface area (Å²) in [7, 11) is 0. The monoisotopic (exact) mass is 244 g/mol. The molecule has 0 rings (SSSR count). The average molecular weight is 244 g/mol. The van der Waals surface area contributed by atoms with E-state index in [-0.39, 0.29) is 13.0 Å². The minimum absolute atomic E-state index is 0.0263. The average Bonchev–Trinajstić information content (AvgIpc) is 2.21. The molecule has 0 aromatic heterocycles. The topological polar surface area (TPSA) is 107 Å². The summed E-state index contributed by atoms with van der Waals surface area (Å²) in [6, 6.07) is 0. The van der Waals surface area contributed by atoms with E-state index in [1.807, 2.05) is 0 Å². The summed E-state index contributed by atoms with van der Waals surface area (Å²) in [5, 5.41) is 18.3. The Bertz CT molecular complexity index is 325. The van der Waals surface area contributed by atoms with Crippen molar-refractivity contribution in [2.75, 3.05) is 6.54 Å². The lowest BCUT2D eigenvalue weighted by Crippen LogP contribution is -2.44. The zero-order valence-corrected chi connectivity index (χ0v) is 9.71. The van der Waals surface area contributed by atoms with Crippen LogP contribution in [0.3, 0.4) is 0 Å². The normalized spacial score (nSPS) is 12.2. The van der Waals surface area contributed by atoms with Gasteiger partial charge >= 0.3 is 6.09 Å². The smallest absolute Gasteiger partial charge is 0.426 e. The van der Waals surface area contributed by atoms with Crippen molar-refractivity contribution in [1.82, 2.24) is 10.4 Å².